The molecule has 1 aromatic carbocycles. The summed E-state index contributed by atoms with van der Waals surface area (Å²) in [7, 11) is 0. The van der Waals surface area contributed by atoms with Crippen molar-refractivity contribution in [2.75, 3.05) is 13.1 Å². The molecule has 0 aliphatic carbocycles. The van der Waals surface area contributed by atoms with E-state index in [1.807, 2.05) is 23.0 Å². The van der Waals surface area contributed by atoms with E-state index in [2.05, 4.69) is 25.9 Å². The van der Waals surface area contributed by atoms with Gasteiger partial charge in [-0.3, -0.25) is 9.48 Å². The number of amides is 1. The molecule has 0 bridgehead atoms. The standard InChI is InChI=1S/C18H19ClN6O2.ClH/c19-13-4-1-3-12(9-13)17-22-16(27-24-17)11-21-18(26)15-6-8-25(23-15)14-5-2-7-20-10-14;/h1,3-4,6,8-9,14,20H,2,5,7,10-11H2,(H,21,26);1H. The lowest BCUT2D eigenvalue weighted by atomic mass is 10.1. The number of hydrogen-bond acceptors (Lipinski definition) is 6. The lowest BCUT2D eigenvalue weighted by Crippen LogP contribution is -2.32. The summed E-state index contributed by atoms with van der Waals surface area (Å²) in [4.78, 5) is 16.6. The van der Waals surface area contributed by atoms with Gasteiger partial charge in [0.05, 0.1) is 12.6 Å². The minimum absolute atomic E-state index is 0. The van der Waals surface area contributed by atoms with Gasteiger partial charge in [0, 0.05) is 23.3 Å². The predicted molar refractivity (Wildman–Crippen MR) is 107 cm³/mol. The molecular weight excluding hydrogens is 403 g/mol. The molecule has 10 heteroatoms. The number of carbonyl (C=O) groups is 1. The van der Waals surface area contributed by atoms with Crippen LogP contribution in [0, 0.1) is 0 Å². The van der Waals surface area contributed by atoms with Gasteiger partial charge in [0.15, 0.2) is 0 Å². The van der Waals surface area contributed by atoms with E-state index in [9.17, 15) is 4.79 Å². The average molecular weight is 423 g/mol. The van der Waals surface area contributed by atoms with Crippen LogP contribution < -0.4 is 10.6 Å². The van der Waals surface area contributed by atoms with Crippen molar-refractivity contribution in [3.63, 3.8) is 0 Å². The van der Waals surface area contributed by atoms with Crippen LogP contribution in [-0.2, 0) is 6.54 Å². The van der Waals surface area contributed by atoms with Gasteiger partial charge in [0.25, 0.3) is 5.91 Å². The molecule has 1 unspecified atom stereocenters. The average Bonchev–Trinajstić information content (AvgIpc) is 3.37. The van der Waals surface area contributed by atoms with Crippen LogP contribution in [-0.4, -0.2) is 38.9 Å². The molecule has 3 heterocycles. The maximum atomic E-state index is 12.3. The van der Waals surface area contributed by atoms with Crippen molar-refractivity contribution in [2.24, 2.45) is 0 Å². The van der Waals surface area contributed by atoms with Gasteiger partial charge in [0.2, 0.25) is 11.7 Å². The zero-order valence-corrected chi connectivity index (χ0v) is 16.5. The summed E-state index contributed by atoms with van der Waals surface area (Å²) in [6.45, 7) is 2.04. The van der Waals surface area contributed by atoms with Gasteiger partial charge in [0.1, 0.15) is 5.69 Å². The lowest BCUT2D eigenvalue weighted by molar-refractivity contribution is 0.0940. The Balaban J connectivity index is 0.00000225. The number of halogens is 2. The molecule has 8 nitrogen and oxygen atoms in total. The summed E-state index contributed by atoms with van der Waals surface area (Å²) < 4.78 is 7.04. The highest BCUT2D eigenvalue weighted by Gasteiger charge is 2.18. The van der Waals surface area contributed by atoms with Gasteiger partial charge < -0.3 is 15.2 Å². The number of carbonyl (C=O) groups excluding carboxylic acids is 1. The van der Waals surface area contributed by atoms with Crippen molar-refractivity contribution >= 4 is 29.9 Å². The molecule has 4 rings (SSSR count). The molecule has 1 amide bonds. The fraction of sp³-hybridized carbons (Fsp3) is 0.333. The smallest absolute Gasteiger partial charge is 0.272 e. The Morgan fingerprint density at radius 2 is 2.29 bits per heavy atom. The molecule has 1 fully saturated rings. The van der Waals surface area contributed by atoms with Crippen molar-refractivity contribution in [2.45, 2.75) is 25.4 Å². The van der Waals surface area contributed by atoms with Crippen molar-refractivity contribution in [1.29, 1.82) is 0 Å². The maximum absolute atomic E-state index is 12.3. The molecule has 2 N–H and O–H groups in total. The normalized spacial score (nSPS) is 16.4. The van der Waals surface area contributed by atoms with Crippen LogP contribution in [0.15, 0.2) is 41.1 Å². The Hall–Kier alpha value is -2.42. The number of piperidine rings is 1. The van der Waals surface area contributed by atoms with Crippen molar-refractivity contribution in [3.05, 3.63) is 53.1 Å². The molecule has 1 atom stereocenters. The first-order chi connectivity index (χ1) is 13.2. The first-order valence-electron chi connectivity index (χ1n) is 8.81. The van der Waals surface area contributed by atoms with Gasteiger partial charge in [-0.05, 0) is 37.6 Å². The van der Waals surface area contributed by atoms with Crippen LogP contribution in [0.1, 0.15) is 35.3 Å². The van der Waals surface area contributed by atoms with E-state index in [4.69, 9.17) is 16.1 Å². The van der Waals surface area contributed by atoms with E-state index in [0.717, 1.165) is 31.5 Å². The van der Waals surface area contributed by atoms with Crippen molar-refractivity contribution < 1.29 is 9.32 Å². The second-order valence-electron chi connectivity index (χ2n) is 6.39. The minimum Gasteiger partial charge on any atom is -0.342 e. The molecule has 0 spiro atoms. The van der Waals surface area contributed by atoms with Crippen LogP contribution in [0.2, 0.25) is 5.02 Å². The Morgan fingerprint density at radius 3 is 3.07 bits per heavy atom. The Labute approximate surface area is 173 Å². The Bertz CT molecular complexity index is 936. The molecular formula is C18H20Cl2N6O2. The second kappa shape index (κ2) is 9.18. The third-order valence-electron chi connectivity index (χ3n) is 4.44. The third kappa shape index (κ3) is 4.70. The minimum atomic E-state index is -0.278. The fourth-order valence-electron chi connectivity index (χ4n) is 3.04. The highest BCUT2D eigenvalue weighted by molar-refractivity contribution is 6.30. The van der Waals surface area contributed by atoms with E-state index in [1.165, 1.54) is 0 Å². The number of nitrogens with zero attached hydrogens (tertiary/aromatic N) is 4. The molecule has 28 heavy (non-hydrogen) atoms. The molecule has 0 radical (unpaired) electrons. The Morgan fingerprint density at radius 1 is 1.39 bits per heavy atom. The van der Waals surface area contributed by atoms with Crippen LogP contribution in [0.5, 0.6) is 0 Å². The number of benzene rings is 1. The lowest BCUT2D eigenvalue weighted by Gasteiger charge is -2.22. The summed E-state index contributed by atoms with van der Waals surface area (Å²) in [5, 5.41) is 15.0. The molecule has 3 aromatic rings. The summed E-state index contributed by atoms with van der Waals surface area (Å²) >= 11 is 5.97. The van der Waals surface area contributed by atoms with Crippen LogP contribution in [0.4, 0.5) is 0 Å². The Kier molecular flexibility index (Phi) is 6.66. The van der Waals surface area contributed by atoms with Gasteiger partial charge in [-0.1, -0.05) is 28.9 Å². The highest BCUT2D eigenvalue weighted by atomic mass is 35.5. The van der Waals surface area contributed by atoms with Crippen molar-refractivity contribution in [1.82, 2.24) is 30.6 Å². The molecule has 1 aliphatic heterocycles. The first kappa shape index (κ1) is 20.3. The molecule has 1 saturated heterocycles. The van der Waals surface area contributed by atoms with Gasteiger partial charge in [-0.15, -0.1) is 12.4 Å². The number of aromatic nitrogens is 4. The second-order valence-corrected chi connectivity index (χ2v) is 6.82. The zero-order chi connectivity index (χ0) is 18.6. The number of nitrogens with one attached hydrogen (secondary N) is 2. The summed E-state index contributed by atoms with van der Waals surface area (Å²) in [6.07, 6.45) is 4.01. The summed E-state index contributed by atoms with van der Waals surface area (Å²) in [5.74, 6) is 0.463. The van der Waals surface area contributed by atoms with E-state index in [1.54, 1.807) is 18.2 Å². The third-order valence-corrected chi connectivity index (χ3v) is 4.67. The SMILES string of the molecule is Cl.O=C(NCc1nc(-c2cccc(Cl)c2)no1)c1ccn(C2CCCNC2)n1. The topological polar surface area (TPSA) is 97.9 Å². The molecule has 1 aliphatic rings. The van der Waals surface area contributed by atoms with Crippen LogP contribution in [0.25, 0.3) is 11.4 Å². The van der Waals surface area contributed by atoms with Crippen LogP contribution >= 0.6 is 24.0 Å². The van der Waals surface area contributed by atoms with E-state index >= 15 is 0 Å². The van der Waals surface area contributed by atoms with Gasteiger partial charge in [-0.2, -0.15) is 10.1 Å². The summed E-state index contributed by atoms with van der Waals surface area (Å²) in [6, 6.07) is 9.18. The van der Waals surface area contributed by atoms with Gasteiger partial charge in [-0.25, -0.2) is 0 Å². The largest absolute Gasteiger partial charge is 0.342 e. The van der Waals surface area contributed by atoms with Gasteiger partial charge >= 0.3 is 0 Å². The zero-order valence-electron chi connectivity index (χ0n) is 15.0. The molecule has 0 saturated carbocycles. The molecule has 2 aromatic heterocycles. The molecule has 148 valence electrons. The van der Waals surface area contributed by atoms with E-state index in [0.29, 0.717) is 22.4 Å². The number of hydrogen-bond donors (Lipinski definition) is 2. The van der Waals surface area contributed by atoms with E-state index < -0.39 is 0 Å². The monoisotopic (exact) mass is 422 g/mol. The quantitative estimate of drug-likeness (QED) is 0.655. The maximum Gasteiger partial charge on any atom is 0.272 e. The summed E-state index contributed by atoms with van der Waals surface area (Å²) in [5.41, 5.74) is 1.12. The van der Waals surface area contributed by atoms with Crippen molar-refractivity contribution in [3.8, 4) is 11.4 Å². The first-order valence-corrected chi connectivity index (χ1v) is 9.19. The predicted octanol–water partition coefficient (Wildman–Crippen LogP) is 2.86. The van der Waals surface area contributed by atoms with E-state index in [-0.39, 0.29) is 30.9 Å². The fourth-order valence-corrected chi connectivity index (χ4v) is 3.23. The van der Waals surface area contributed by atoms with Crippen LogP contribution in [0.3, 0.4) is 0 Å². The number of rotatable bonds is 5. The highest BCUT2D eigenvalue weighted by Crippen LogP contribution is 2.20.